The second-order valence-corrected chi connectivity index (χ2v) is 3.92. The van der Waals surface area contributed by atoms with E-state index in [1.54, 1.807) is 4.90 Å². The number of amides is 2. The zero-order valence-corrected chi connectivity index (χ0v) is 9.06. The Kier molecular flexibility index (Phi) is 3.24. The van der Waals surface area contributed by atoms with Crippen molar-refractivity contribution in [1.82, 2.24) is 14.8 Å². The number of aromatic amines is 1. The summed E-state index contributed by atoms with van der Waals surface area (Å²) in [7, 11) is 0. The maximum Gasteiger partial charge on any atom is 0.227 e. The van der Waals surface area contributed by atoms with Gasteiger partial charge in [-0.05, 0) is 11.6 Å². The lowest BCUT2D eigenvalue weighted by Crippen LogP contribution is -2.48. The topological polar surface area (TPSA) is 56.4 Å². The zero-order chi connectivity index (χ0) is 11.4. The summed E-state index contributed by atoms with van der Waals surface area (Å²) in [6.45, 7) is 2.56. The van der Waals surface area contributed by atoms with Gasteiger partial charge >= 0.3 is 0 Å². The fraction of sp³-hybridized carbons (Fsp3) is 0.455. The van der Waals surface area contributed by atoms with E-state index in [9.17, 15) is 9.59 Å². The molecule has 16 heavy (non-hydrogen) atoms. The maximum absolute atomic E-state index is 11.9. The van der Waals surface area contributed by atoms with Gasteiger partial charge in [0.15, 0.2) is 0 Å². The zero-order valence-electron chi connectivity index (χ0n) is 9.06. The van der Waals surface area contributed by atoms with Crippen molar-refractivity contribution in [2.24, 2.45) is 0 Å². The first-order valence-electron chi connectivity index (χ1n) is 5.38. The van der Waals surface area contributed by atoms with Crippen LogP contribution in [0.4, 0.5) is 0 Å². The highest BCUT2D eigenvalue weighted by molar-refractivity contribution is 5.78. The van der Waals surface area contributed by atoms with Gasteiger partial charge in [0.2, 0.25) is 12.3 Å². The van der Waals surface area contributed by atoms with Crippen molar-refractivity contribution >= 4 is 12.3 Å². The number of carbonyl (C=O) groups is 2. The van der Waals surface area contributed by atoms with Crippen molar-refractivity contribution in [3.05, 3.63) is 24.0 Å². The number of aromatic nitrogens is 1. The summed E-state index contributed by atoms with van der Waals surface area (Å²) in [4.78, 5) is 28.8. The second kappa shape index (κ2) is 4.83. The summed E-state index contributed by atoms with van der Waals surface area (Å²) in [6.07, 6.45) is 4.92. The van der Waals surface area contributed by atoms with Crippen LogP contribution in [-0.2, 0) is 16.0 Å². The van der Waals surface area contributed by atoms with Crippen LogP contribution in [-0.4, -0.2) is 53.3 Å². The van der Waals surface area contributed by atoms with E-state index < -0.39 is 0 Å². The van der Waals surface area contributed by atoms with E-state index in [0.717, 1.165) is 12.0 Å². The number of hydrogen-bond acceptors (Lipinski definition) is 2. The fourth-order valence-electron chi connectivity index (χ4n) is 1.83. The Morgan fingerprint density at radius 3 is 2.69 bits per heavy atom. The number of carbonyl (C=O) groups excluding carboxylic acids is 2. The van der Waals surface area contributed by atoms with E-state index >= 15 is 0 Å². The van der Waals surface area contributed by atoms with Crippen LogP contribution < -0.4 is 0 Å². The van der Waals surface area contributed by atoms with Crippen molar-refractivity contribution in [2.75, 3.05) is 26.2 Å². The predicted octanol–water partition coefficient (Wildman–Crippen LogP) is -0.142. The molecule has 0 atom stereocenters. The van der Waals surface area contributed by atoms with Crippen LogP contribution in [0.15, 0.2) is 18.5 Å². The minimum Gasteiger partial charge on any atom is -0.367 e. The monoisotopic (exact) mass is 221 g/mol. The molecule has 1 N–H and O–H groups in total. The molecule has 0 aromatic carbocycles. The molecule has 1 aromatic rings. The molecular weight excluding hydrogens is 206 g/mol. The fourth-order valence-corrected chi connectivity index (χ4v) is 1.83. The van der Waals surface area contributed by atoms with Crippen LogP contribution >= 0.6 is 0 Å². The highest BCUT2D eigenvalue weighted by atomic mass is 16.2. The first-order chi connectivity index (χ1) is 7.79. The highest BCUT2D eigenvalue weighted by Gasteiger charge is 2.19. The predicted molar refractivity (Wildman–Crippen MR) is 58.7 cm³/mol. The van der Waals surface area contributed by atoms with Gasteiger partial charge in [-0.3, -0.25) is 9.59 Å². The number of nitrogens with one attached hydrogen (secondary N) is 1. The van der Waals surface area contributed by atoms with E-state index in [4.69, 9.17) is 0 Å². The normalized spacial score (nSPS) is 16.2. The molecule has 2 rings (SSSR count). The van der Waals surface area contributed by atoms with Gasteiger partial charge in [-0.1, -0.05) is 0 Å². The van der Waals surface area contributed by atoms with Crippen LogP contribution in [0.25, 0.3) is 0 Å². The van der Waals surface area contributed by atoms with Crippen LogP contribution in [0.1, 0.15) is 5.56 Å². The molecule has 0 aliphatic carbocycles. The third kappa shape index (κ3) is 2.42. The van der Waals surface area contributed by atoms with E-state index in [1.165, 1.54) is 0 Å². The SMILES string of the molecule is O=CN1CCN(C(=O)Cc2cc[nH]c2)CC1. The quantitative estimate of drug-likeness (QED) is 0.722. The molecule has 1 aromatic heterocycles. The first-order valence-corrected chi connectivity index (χ1v) is 5.38. The van der Waals surface area contributed by atoms with Crippen LogP contribution in [0, 0.1) is 0 Å². The average molecular weight is 221 g/mol. The standard InChI is InChI=1S/C11H15N3O2/c15-9-13-3-5-14(6-4-13)11(16)7-10-1-2-12-8-10/h1-2,8-9,12H,3-7H2. The Morgan fingerprint density at radius 1 is 1.38 bits per heavy atom. The molecule has 2 heterocycles. The van der Waals surface area contributed by atoms with Gasteiger partial charge in [0.1, 0.15) is 0 Å². The Morgan fingerprint density at radius 2 is 2.12 bits per heavy atom. The molecule has 0 bridgehead atoms. The molecule has 5 nitrogen and oxygen atoms in total. The molecule has 0 saturated carbocycles. The Balaban J connectivity index is 1.84. The van der Waals surface area contributed by atoms with Crippen molar-refractivity contribution in [3.63, 3.8) is 0 Å². The van der Waals surface area contributed by atoms with Gasteiger partial charge < -0.3 is 14.8 Å². The lowest BCUT2D eigenvalue weighted by atomic mass is 10.2. The van der Waals surface area contributed by atoms with E-state index in [0.29, 0.717) is 32.6 Å². The van der Waals surface area contributed by atoms with Crippen molar-refractivity contribution in [2.45, 2.75) is 6.42 Å². The molecule has 1 saturated heterocycles. The largest absolute Gasteiger partial charge is 0.367 e. The molecule has 1 fully saturated rings. The maximum atomic E-state index is 11.9. The van der Waals surface area contributed by atoms with Crippen LogP contribution in [0.2, 0.25) is 0 Å². The highest BCUT2D eigenvalue weighted by Crippen LogP contribution is 2.05. The molecule has 0 spiro atoms. The smallest absolute Gasteiger partial charge is 0.227 e. The summed E-state index contributed by atoms with van der Waals surface area (Å²) in [6, 6.07) is 1.90. The number of H-pyrrole nitrogens is 1. The van der Waals surface area contributed by atoms with E-state index in [1.807, 2.05) is 23.4 Å². The molecule has 0 unspecified atom stereocenters. The molecule has 0 radical (unpaired) electrons. The lowest BCUT2D eigenvalue weighted by Gasteiger charge is -2.32. The van der Waals surface area contributed by atoms with E-state index in [-0.39, 0.29) is 5.91 Å². The number of hydrogen-bond donors (Lipinski definition) is 1. The van der Waals surface area contributed by atoms with Crippen LogP contribution in [0.5, 0.6) is 0 Å². The van der Waals surface area contributed by atoms with Gasteiger partial charge in [0.25, 0.3) is 0 Å². The second-order valence-electron chi connectivity index (χ2n) is 3.92. The number of rotatable bonds is 3. The van der Waals surface area contributed by atoms with Crippen molar-refractivity contribution in [3.8, 4) is 0 Å². The third-order valence-electron chi connectivity index (χ3n) is 2.83. The summed E-state index contributed by atoms with van der Waals surface area (Å²) in [5.41, 5.74) is 1.00. The van der Waals surface area contributed by atoms with Gasteiger partial charge in [0.05, 0.1) is 6.42 Å². The first kappa shape index (κ1) is 10.7. The Bertz CT molecular complexity index is 353. The van der Waals surface area contributed by atoms with Gasteiger partial charge in [0, 0.05) is 38.6 Å². The summed E-state index contributed by atoms with van der Waals surface area (Å²) >= 11 is 0. The molecule has 1 aliphatic heterocycles. The van der Waals surface area contributed by atoms with Gasteiger partial charge in [-0.2, -0.15) is 0 Å². The Hall–Kier alpha value is -1.78. The van der Waals surface area contributed by atoms with Crippen molar-refractivity contribution < 1.29 is 9.59 Å². The van der Waals surface area contributed by atoms with Crippen molar-refractivity contribution in [1.29, 1.82) is 0 Å². The lowest BCUT2D eigenvalue weighted by molar-refractivity contribution is -0.134. The summed E-state index contributed by atoms with van der Waals surface area (Å²) in [5, 5.41) is 0. The molecular formula is C11H15N3O2. The molecule has 5 heteroatoms. The van der Waals surface area contributed by atoms with Gasteiger partial charge in [-0.25, -0.2) is 0 Å². The number of piperazine rings is 1. The third-order valence-corrected chi connectivity index (χ3v) is 2.83. The summed E-state index contributed by atoms with van der Waals surface area (Å²) < 4.78 is 0. The average Bonchev–Trinajstić information content (AvgIpc) is 2.82. The van der Waals surface area contributed by atoms with E-state index in [2.05, 4.69) is 4.98 Å². The molecule has 1 aliphatic rings. The van der Waals surface area contributed by atoms with Crippen LogP contribution in [0.3, 0.4) is 0 Å². The molecule has 86 valence electrons. The number of nitrogens with zero attached hydrogens (tertiary/aromatic N) is 2. The van der Waals surface area contributed by atoms with Gasteiger partial charge in [-0.15, -0.1) is 0 Å². The minimum atomic E-state index is 0.130. The minimum absolute atomic E-state index is 0.130. The summed E-state index contributed by atoms with van der Waals surface area (Å²) in [5.74, 6) is 0.130. The Labute approximate surface area is 94.0 Å². The molecule has 2 amide bonds.